The second-order valence-electron chi connectivity index (χ2n) is 4.10. The first-order valence-electron chi connectivity index (χ1n) is 5.37. The maximum absolute atomic E-state index is 8.96. The Bertz CT molecular complexity index is 329. The molecule has 0 saturated carbocycles. The summed E-state index contributed by atoms with van der Waals surface area (Å²) in [7, 11) is 0. The van der Waals surface area contributed by atoms with Crippen molar-refractivity contribution in [3.63, 3.8) is 0 Å². The van der Waals surface area contributed by atoms with Crippen molar-refractivity contribution in [3.05, 3.63) is 29.8 Å². The third-order valence-electron chi connectivity index (χ3n) is 2.72. The highest BCUT2D eigenvalue weighted by Crippen LogP contribution is 2.37. The highest BCUT2D eigenvalue weighted by atomic mass is 32.2. The van der Waals surface area contributed by atoms with Crippen molar-refractivity contribution in [2.45, 2.75) is 17.9 Å². The molecule has 0 bridgehead atoms. The van der Waals surface area contributed by atoms with Crippen molar-refractivity contribution >= 4 is 11.8 Å². The molecule has 0 spiro atoms. The van der Waals surface area contributed by atoms with Crippen LogP contribution in [0.3, 0.4) is 0 Å². The van der Waals surface area contributed by atoms with E-state index in [1.54, 1.807) is 0 Å². The van der Waals surface area contributed by atoms with E-state index in [4.69, 9.17) is 5.11 Å². The van der Waals surface area contributed by atoms with E-state index < -0.39 is 0 Å². The molecule has 0 saturated heterocycles. The summed E-state index contributed by atoms with van der Waals surface area (Å²) in [4.78, 5) is 1.40. The molecular weight excluding hydrogens is 206 g/mol. The average molecular weight is 223 g/mol. The Morgan fingerprint density at radius 2 is 2.33 bits per heavy atom. The van der Waals surface area contributed by atoms with Crippen molar-refractivity contribution in [1.82, 2.24) is 5.32 Å². The largest absolute Gasteiger partial charge is 0.396 e. The van der Waals surface area contributed by atoms with E-state index >= 15 is 0 Å². The SMILES string of the molecule is CC(CO)CNC1CSc2ccccc21. The van der Waals surface area contributed by atoms with Crippen LogP contribution in [0, 0.1) is 5.92 Å². The third kappa shape index (κ3) is 2.54. The zero-order valence-corrected chi connectivity index (χ0v) is 9.76. The van der Waals surface area contributed by atoms with Gasteiger partial charge in [-0.25, -0.2) is 0 Å². The number of benzene rings is 1. The van der Waals surface area contributed by atoms with Gasteiger partial charge in [-0.1, -0.05) is 25.1 Å². The van der Waals surface area contributed by atoms with Crippen LogP contribution in [0.4, 0.5) is 0 Å². The van der Waals surface area contributed by atoms with Gasteiger partial charge in [0.05, 0.1) is 0 Å². The van der Waals surface area contributed by atoms with Gasteiger partial charge in [-0.2, -0.15) is 0 Å². The Morgan fingerprint density at radius 3 is 3.13 bits per heavy atom. The molecule has 2 rings (SSSR count). The summed E-state index contributed by atoms with van der Waals surface area (Å²) in [6.45, 7) is 3.20. The maximum Gasteiger partial charge on any atom is 0.0468 e. The number of hydrogen-bond donors (Lipinski definition) is 2. The van der Waals surface area contributed by atoms with Gasteiger partial charge < -0.3 is 10.4 Å². The van der Waals surface area contributed by atoms with Gasteiger partial charge in [0.1, 0.15) is 0 Å². The molecular formula is C12H17NOS. The van der Waals surface area contributed by atoms with E-state index in [1.165, 1.54) is 10.5 Å². The quantitative estimate of drug-likeness (QED) is 0.819. The van der Waals surface area contributed by atoms with Gasteiger partial charge >= 0.3 is 0 Å². The zero-order valence-electron chi connectivity index (χ0n) is 8.94. The van der Waals surface area contributed by atoms with Gasteiger partial charge in [0.25, 0.3) is 0 Å². The van der Waals surface area contributed by atoms with E-state index in [0.29, 0.717) is 12.0 Å². The standard InChI is InChI=1S/C12H17NOS/c1-9(7-14)6-13-11-8-15-12-5-3-2-4-10(11)12/h2-5,9,11,13-14H,6-8H2,1H3. The Hall–Kier alpha value is -0.510. The minimum Gasteiger partial charge on any atom is -0.396 e. The van der Waals surface area contributed by atoms with E-state index in [9.17, 15) is 0 Å². The predicted molar refractivity (Wildman–Crippen MR) is 64.2 cm³/mol. The minimum atomic E-state index is 0.258. The van der Waals surface area contributed by atoms with Gasteiger partial charge in [0.15, 0.2) is 0 Å². The zero-order chi connectivity index (χ0) is 10.7. The summed E-state index contributed by atoms with van der Waals surface area (Å²) in [6.07, 6.45) is 0. The molecule has 2 unspecified atom stereocenters. The van der Waals surface area contributed by atoms with Gasteiger partial charge in [0.2, 0.25) is 0 Å². The maximum atomic E-state index is 8.96. The number of aliphatic hydroxyl groups excluding tert-OH is 1. The number of hydrogen-bond acceptors (Lipinski definition) is 3. The Kier molecular flexibility index (Phi) is 3.67. The molecule has 2 nitrogen and oxygen atoms in total. The summed E-state index contributed by atoms with van der Waals surface area (Å²) < 4.78 is 0. The topological polar surface area (TPSA) is 32.3 Å². The highest BCUT2D eigenvalue weighted by molar-refractivity contribution is 7.99. The number of nitrogens with one attached hydrogen (secondary N) is 1. The van der Waals surface area contributed by atoms with Crippen LogP contribution in [-0.2, 0) is 0 Å². The molecule has 0 amide bonds. The minimum absolute atomic E-state index is 0.258. The highest BCUT2D eigenvalue weighted by Gasteiger charge is 2.22. The molecule has 82 valence electrons. The van der Waals surface area contributed by atoms with Crippen LogP contribution >= 0.6 is 11.8 Å². The van der Waals surface area contributed by atoms with E-state index in [0.717, 1.165) is 12.3 Å². The molecule has 0 aliphatic carbocycles. The Morgan fingerprint density at radius 1 is 1.53 bits per heavy atom. The number of aliphatic hydroxyl groups is 1. The molecule has 1 aromatic carbocycles. The fraction of sp³-hybridized carbons (Fsp3) is 0.500. The Balaban J connectivity index is 1.96. The lowest BCUT2D eigenvalue weighted by Gasteiger charge is -2.15. The first-order valence-corrected chi connectivity index (χ1v) is 6.35. The summed E-state index contributed by atoms with van der Waals surface area (Å²) >= 11 is 1.91. The van der Waals surface area contributed by atoms with E-state index in [-0.39, 0.29) is 6.61 Å². The fourth-order valence-electron chi connectivity index (χ4n) is 1.74. The van der Waals surface area contributed by atoms with Crippen LogP contribution in [0.5, 0.6) is 0 Å². The fourth-order valence-corrected chi connectivity index (χ4v) is 2.94. The van der Waals surface area contributed by atoms with Crippen molar-refractivity contribution < 1.29 is 5.11 Å². The average Bonchev–Trinajstić information content (AvgIpc) is 2.69. The van der Waals surface area contributed by atoms with E-state index in [1.807, 2.05) is 11.8 Å². The van der Waals surface area contributed by atoms with E-state index in [2.05, 4.69) is 36.5 Å². The van der Waals surface area contributed by atoms with Crippen molar-refractivity contribution in [1.29, 1.82) is 0 Å². The molecule has 1 heterocycles. The van der Waals surface area contributed by atoms with Gasteiger partial charge in [-0.15, -0.1) is 11.8 Å². The molecule has 1 aromatic rings. The molecule has 3 heteroatoms. The van der Waals surface area contributed by atoms with Crippen LogP contribution in [0.2, 0.25) is 0 Å². The molecule has 2 N–H and O–H groups in total. The smallest absolute Gasteiger partial charge is 0.0468 e. The molecule has 0 fully saturated rings. The van der Waals surface area contributed by atoms with Crippen LogP contribution in [0.1, 0.15) is 18.5 Å². The van der Waals surface area contributed by atoms with Crippen LogP contribution in [0.25, 0.3) is 0 Å². The first kappa shape index (κ1) is 11.0. The normalized spacial score (nSPS) is 21.3. The lowest BCUT2D eigenvalue weighted by atomic mass is 10.1. The molecule has 15 heavy (non-hydrogen) atoms. The van der Waals surface area contributed by atoms with Crippen LogP contribution in [-0.4, -0.2) is 24.0 Å². The molecule has 0 aromatic heterocycles. The lowest BCUT2D eigenvalue weighted by molar-refractivity contribution is 0.231. The number of thioether (sulfide) groups is 1. The van der Waals surface area contributed by atoms with Crippen molar-refractivity contribution in [2.75, 3.05) is 18.9 Å². The second kappa shape index (κ2) is 5.01. The summed E-state index contributed by atoms with van der Waals surface area (Å²) in [6, 6.07) is 9.01. The number of rotatable bonds is 4. The second-order valence-corrected chi connectivity index (χ2v) is 5.16. The molecule has 2 atom stereocenters. The molecule has 0 radical (unpaired) electrons. The number of fused-ring (bicyclic) bond motifs is 1. The van der Waals surface area contributed by atoms with Gasteiger partial charge in [0, 0.05) is 29.8 Å². The van der Waals surface area contributed by atoms with Crippen molar-refractivity contribution in [2.24, 2.45) is 5.92 Å². The molecule has 1 aliphatic heterocycles. The monoisotopic (exact) mass is 223 g/mol. The van der Waals surface area contributed by atoms with Crippen LogP contribution in [0.15, 0.2) is 29.2 Å². The van der Waals surface area contributed by atoms with Crippen molar-refractivity contribution in [3.8, 4) is 0 Å². The predicted octanol–water partition coefficient (Wildman–Crippen LogP) is 2.05. The van der Waals surface area contributed by atoms with Gasteiger partial charge in [-0.05, 0) is 17.5 Å². The summed E-state index contributed by atoms with van der Waals surface area (Å²) in [5.41, 5.74) is 1.41. The van der Waals surface area contributed by atoms with Gasteiger partial charge in [-0.3, -0.25) is 0 Å². The third-order valence-corrected chi connectivity index (χ3v) is 3.91. The first-order chi connectivity index (χ1) is 7.31. The summed E-state index contributed by atoms with van der Waals surface area (Å²) in [5.74, 6) is 1.44. The summed E-state index contributed by atoms with van der Waals surface area (Å²) in [5, 5.41) is 12.5. The van der Waals surface area contributed by atoms with Crippen LogP contribution < -0.4 is 5.32 Å². The lowest BCUT2D eigenvalue weighted by Crippen LogP contribution is -2.27. The Labute approximate surface area is 95.1 Å². The molecule has 1 aliphatic rings.